The molecule has 2 aliphatic carbocycles. The van der Waals surface area contributed by atoms with Gasteiger partial charge in [0.25, 0.3) is 4.45 Å². The summed E-state index contributed by atoms with van der Waals surface area (Å²) in [6, 6.07) is 0. The molecule has 0 heterocycles. The minimum Gasteiger partial charge on any atom is -0.466 e. The summed E-state index contributed by atoms with van der Waals surface area (Å²) < 4.78 is 15.5. The fourth-order valence-corrected chi connectivity index (χ4v) is 6.08. The van der Waals surface area contributed by atoms with Crippen LogP contribution in [0.25, 0.3) is 0 Å². The van der Waals surface area contributed by atoms with Crippen molar-refractivity contribution >= 4 is 40.2 Å². The van der Waals surface area contributed by atoms with Gasteiger partial charge in [-0.25, -0.2) is 0 Å². The molecule has 0 aromatic rings. The minimum absolute atomic E-state index is 0.0571. The number of fused-ring (bicyclic) bond motifs is 1. The van der Waals surface area contributed by atoms with Gasteiger partial charge in [-0.3, -0.25) is 14.4 Å². The summed E-state index contributed by atoms with van der Waals surface area (Å²) in [4.78, 5) is 35.6. The summed E-state index contributed by atoms with van der Waals surface area (Å²) in [5, 5.41) is 0.130. The molecule has 0 saturated heterocycles. The molecule has 25 heavy (non-hydrogen) atoms. The highest BCUT2D eigenvalue weighted by Crippen LogP contribution is 2.55. The first-order valence-electron chi connectivity index (χ1n) is 8.77. The molecule has 0 radical (unpaired) electrons. The number of carbonyl (C=O) groups excluding carboxylic acids is 3. The lowest BCUT2D eigenvalue weighted by Crippen LogP contribution is -2.25. The summed E-state index contributed by atoms with van der Waals surface area (Å²) in [5.74, 6) is -0.171. The van der Waals surface area contributed by atoms with Gasteiger partial charge < -0.3 is 13.7 Å². The third-order valence-corrected chi connectivity index (χ3v) is 6.94. The number of carbonyl (C=O) groups is 3. The monoisotopic (exact) mass is 390 g/mol. The van der Waals surface area contributed by atoms with Crippen molar-refractivity contribution in [2.75, 3.05) is 19.8 Å². The fraction of sp³-hybridized carbons (Fsp3) is 0.824. The Morgan fingerprint density at radius 1 is 1.08 bits per heavy atom. The van der Waals surface area contributed by atoms with Crippen LogP contribution in [0.1, 0.15) is 40.0 Å². The molecule has 5 unspecified atom stereocenters. The van der Waals surface area contributed by atoms with Gasteiger partial charge in [0.15, 0.2) is 0 Å². The molecule has 5 atom stereocenters. The van der Waals surface area contributed by atoms with Crippen LogP contribution in [0.4, 0.5) is 4.79 Å². The lowest BCUT2D eigenvalue weighted by molar-refractivity contribution is -0.149. The number of thioether (sulfide) groups is 1. The predicted octanol–water partition coefficient (Wildman–Crippen LogP) is 3.68. The van der Waals surface area contributed by atoms with Crippen LogP contribution < -0.4 is 0 Å². The number of ether oxygens (including phenoxy) is 2. The van der Waals surface area contributed by atoms with Gasteiger partial charge in [0.1, 0.15) is 0 Å². The molecule has 0 amide bonds. The number of hydrogen-bond donors (Lipinski definition) is 0. The molecule has 2 saturated carbocycles. The normalized spacial score (nSPS) is 30.8. The minimum atomic E-state index is -0.318. The summed E-state index contributed by atoms with van der Waals surface area (Å²) in [6.07, 6.45) is 2.44. The molecule has 0 aliphatic heterocycles. The summed E-state index contributed by atoms with van der Waals surface area (Å²) in [7, 11) is 0. The molecule has 6 nitrogen and oxygen atoms in total. The Balaban J connectivity index is 2.06. The molecule has 0 aromatic heterocycles. The maximum atomic E-state index is 12.3. The number of esters is 2. The lowest BCUT2D eigenvalue weighted by Gasteiger charge is -2.24. The van der Waals surface area contributed by atoms with E-state index in [2.05, 4.69) is 0 Å². The Bertz CT molecular complexity index is 498. The topological polar surface area (TPSA) is 78.9 Å². The van der Waals surface area contributed by atoms with E-state index in [4.69, 9.17) is 13.7 Å². The molecule has 0 bridgehead atoms. The van der Waals surface area contributed by atoms with Crippen LogP contribution in [-0.4, -0.2) is 41.5 Å². The first-order valence-corrected chi connectivity index (χ1v) is 10.4. The highest BCUT2D eigenvalue weighted by Gasteiger charge is 2.54. The van der Waals surface area contributed by atoms with E-state index in [0.717, 1.165) is 24.9 Å². The Morgan fingerprint density at radius 2 is 1.84 bits per heavy atom. The predicted molar refractivity (Wildman–Crippen MR) is 97.1 cm³/mol. The maximum absolute atomic E-state index is 12.3. The van der Waals surface area contributed by atoms with Gasteiger partial charge in [0.2, 0.25) is 0 Å². The molecule has 8 heteroatoms. The van der Waals surface area contributed by atoms with Gasteiger partial charge in [-0.15, -0.1) is 0 Å². The van der Waals surface area contributed by atoms with Crippen LogP contribution in [0.5, 0.6) is 0 Å². The van der Waals surface area contributed by atoms with Crippen molar-refractivity contribution in [2.24, 2.45) is 23.7 Å². The van der Waals surface area contributed by atoms with Crippen molar-refractivity contribution in [2.45, 2.75) is 45.3 Å². The molecular weight excluding hydrogens is 364 g/mol. The van der Waals surface area contributed by atoms with Crippen molar-refractivity contribution in [3.63, 3.8) is 0 Å². The van der Waals surface area contributed by atoms with Gasteiger partial charge >= 0.3 is 11.9 Å². The Labute approximate surface area is 157 Å². The zero-order valence-corrected chi connectivity index (χ0v) is 16.5. The van der Waals surface area contributed by atoms with Gasteiger partial charge in [0, 0.05) is 12.2 Å². The standard InChI is InChI=1S/C17H26O6S2/c1-4-21-16(19)13-8-11(9-22-10(3)18)15-12(13)6-7-14(15)24-17(20)25-23-5-2/h11-15H,4-9H2,1-3H3. The smallest absolute Gasteiger partial charge is 0.309 e. The number of rotatable bonds is 7. The number of hydrogen-bond acceptors (Lipinski definition) is 8. The first-order chi connectivity index (χ1) is 12.0. The van der Waals surface area contributed by atoms with Crippen LogP contribution >= 0.6 is 23.8 Å². The maximum Gasteiger partial charge on any atom is 0.309 e. The second kappa shape index (κ2) is 9.83. The fourth-order valence-electron chi connectivity index (χ4n) is 4.11. The summed E-state index contributed by atoms with van der Waals surface area (Å²) in [6.45, 7) is 6.18. The van der Waals surface area contributed by atoms with Crippen LogP contribution in [0.3, 0.4) is 0 Å². The van der Waals surface area contributed by atoms with Gasteiger partial charge in [-0.05, 0) is 50.9 Å². The summed E-state index contributed by atoms with van der Waals surface area (Å²) in [5.41, 5.74) is 0. The zero-order valence-electron chi connectivity index (χ0n) is 14.9. The van der Waals surface area contributed by atoms with E-state index < -0.39 is 0 Å². The Kier molecular flexibility index (Phi) is 8.09. The van der Waals surface area contributed by atoms with E-state index in [-0.39, 0.29) is 45.3 Å². The Hall–Kier alpha value is -0.730. The van der Waals surface area contributed by atoms with Gasteiger partial charge in [0.05, 0.1) is 37.8 Å². The third kappa shape index (κ3) is 5.37. The first kappa shape index (κ1) is 20.6. The van der Waals surface area contributed by atoms with E-state index in [1.54, 1.807) is 6.92 Å². The molecule has 2 fully saturated rings. The van der Waals surface area contributed by atoms with E-state index >= 15 is 0 Å². The molecule has 0 spiro atoms. The van der Waals surface area contributed by atoms with Crippen molar-refractivity contribution in [3.05, 3.63) is 0 Å². The van der Waals surface area contributed by atoms with E-state index in [1.807, 2.05) is 6.92 Å². The average molecular weight is 391 g/mol. The molecular formula is C17H26O6S2. The van der Waals surface area contributed by atoms with E-state index in [1.165, 1.54) is 18.7 Å². The quantitative estimate of drug-likeness (QED) is 0.481. The second-order valence-corrected chi connectivity index (χ2v) is 8.62. The van der Waals surface area contributed by atoms with Crippen molar-refractivity contribution in [1.29, 1.82) is 0 Å². The van der Waals surface area contributed by atoms with Crippen LogP contribution in [-0.2, 0) is 23.2 Å². The SMILES string of the molecule is CCOSC(=O)SC1CCC2C(C(=O)OCC)CC(COC(C)=O)C12. The average Bonchev–Trinajstić information content (AvgIpc) is 3.12. The molecule has 0 N–H and O–H groups in total. The molecule has 2 rings (SSSR count). The van der Waals surface area contributed by atoms with E-state index in [0.29, 0.717) is 26.2 Å². The van der Waals surface area contributed by atoms with Gasteiger partial charge in [-0.1, -0.05) is 11.8 Å². The van der Waals surface area contributed by atoms with Crippen LogP contribution in [0, 0.1) is 23.7 Å². The Morgan fingerprint density at radius 3 is 2.48 bits per heavy atom. The van der Waals surface area contributed by atoms with Crippen molar-refractivity contribution in [1.82, 2.24) is 0 Å². The third-order valence-electron chi connectivity index (χ3n) is 4.91. The molecule has 142 valence electrons. The summed E-state index contributed by atoms with van der Waals surface area (Å²) >= 11 is 2.17. The van der Waals surface area contributed by atoms with Crippen molar-refractivity contribution < 1.29 is 28.0 Å². The van der Waals surface area contributed by atoms with Crippen molar-refractivity contribution in [3.8, 4) is 0 Å². The highest BCUT2D eigenvalue weighted by atomic mass is 32.2. The molecule has 2 aliphatic rings. The van der Waals surface area contributed by atoms with Crippen LogP contribution in [0.15, 0.2) is 0 Å². The lowest BCUT2D eigenvalue weighted by atomic mass is 9.90. The molecule has 0 aromatic carbocycles. The zero-order chi connectivity index (χ0) is 18.4. The van der Waals surface area contributed by atoms with Gasteiger partial charge in [-0.2, -0.15) is 0 Å². The second-order valence-electron chi connectivity index (χ2n) is 6.37. The van der Waals surface area contributed by atoms with E-state index in [9.17, 15) is 14.4 Å². The highest BCUT2D eigenvalue weighted by molar-refractivity contribution is 8.37. The van der Waals surface area contributed by atoms with Crippen LogP contribution in [0.2, 0.25) is 0 Å². The largest absolute Gasteiger partial charge is 0.466 e.